The quantitative estimate of drug-likeness (QED) is 0.252. The van der Waals surface area contributed by atoms with Crippen molar-refractivity contribution in [2.75, 3.05) is 58.4 Å². The molecule has 1 heterocycles. The fourth-order valence-electron chi connectivity index (χ4n) is 4.49. The van der Waals surface area contributed by atoms with Gasteiger partial charge in [-0.15, -0.1) is 0 Å². The number of sulfonamides is 1. The topological polar surface area (TPSA) is 129 Å². The second-order valence-electron chi connectivity index (χ2n) is 9.96. The van der Waals surface area contributed by atoms with Crippen molar-refractivity contribution in [1.82, 2.24) is 24.5 Å². The summed E-state index contributed by atoms with van der Waals surface area (Å²) in [6, 6.07) is 3.54. The van der Waals surface area contributed by atoms with Crippen LogP contribution in [0, 0.1) is 0 Å². The van der Waals surface area contributed by atoms with Crippen LogP contribution >= 0.6 is 0 Å². The molecule has 15 heteroatoms. The lowest BCUT2D eigenvalue weighted by molar-refractivity contribution is -0.137. The molecule has 0 saturated heterocycles. The highest BCUT2D eigenvalue weighted by atomic mass is 32.2. The molecule has 0 spiro atoms. The number of Topliss-reactive ketones (excluding diaryl/α,β-unsaturated/α-hetero) is 1. The molecule has 40 heavy (non-hydrogen) atoms. The van der Waals surface area contributed by atoms with E-state index in [0.29, 0.717) is 42.7 Å². The number of halogens is 3. The van der Waals surface area contributed by atoms with E-state index in [4.69, 9.17) is 4.74 Å². The van der Waals surface area contributed by atoms with Gasteiger partial charge < -0.3 is 15.4 Å². The maximum absolute atomic E-state index is 13.9. The Labute approximate surface area is 232 Å². The predicted molar refractivity (Wildman–Crippen MR) is 146 cm³/mol. The number of nitrogens with one attached hydrogen (secondary N) is 3. The minimum Gasteiger partial charge on any atom is -0.495 e. The van der Waals surface area contributed by atoms with Crippen LogP contribution in [0.4, 0.5) is 30.6 Å². The van der Waals surface area contributed by atoms with E-state index in [1.165, 1.54) is 24.5 Å². The predicted octanol–water partition coefficient (Wildman–Crippen LogP) is 3.15. The molecule has 11 nitrogen and oxygen atoms in total. The minimum atomic E-state index is -4.75. The number of carbonyl (C=O) groups is 1. The van der Waals surface area contributed by atoms with E-state index < -0.39 is 39.7 Å². The molecule has 1 aromatic heterocycles. The molecule has 1 aliphatic carbocycles. The number of alkyl halides is 3. The van der Waals surface area contributed by atoms with Gasteiger partial charge >= 0.3 is 6.18 Å². The third kappa shape index (κ3) is 8.25. The average Bonchev–Trinajstić information content (AvgIpc) is 2.87. The number of benzene rings is 1. The van der Waals surface area contributed by atoms with E-state index in [1.807, 2.05) is 19.0 Å². The first-order chi connectivity index (χ1) is 18.7. The van der Waals surface area contributed by atoms with E-state index in [1.54, 1.807) is 12.1 Å². The second-order valence-corrected chi connectivity index (χ2v) is 12.0. The molecule has 0 radical (unpaired) electrons. The van der Waals surface area contributed by atoms with Crippen molar-refractivity contribution in [1.29, 1.82) is 0 Å². The van der Waals surface area contributed by atoms with E-state index in [-0.39, 0.29) is 18.3 Å². The molecule has 0 amide bonds. The molecule has 0 bridgehead atoms. The number of ketones is 1. The highest BCUT2D eigenvalue weighted by Gasteiger charge is 2.38. The van der Waals surface area contributed by atoms with Crippen molar-refractivity contribution >= 4 is 33.3 Å². The fraction of sp³-hybridized carbons (Fsp3) is 0.560. The Morgan fingerprint density at radius 1 is 1.18 bits per heavy atom. The maximum Gasteiger partial charge on any atom is 0.421 e. The summed E-state index contributed by atoms with van der Waals surface area (Å²) in [6.07, 6.45) is -0.568. The van der Waals surface area contributed by atoms with Crippen LogP contribution in [0.1, 0.15) is 41.6 Å². The Morgan fingerprint density at radius 2 is 1.88 bits per heavy atom. The summed E-state index contributed by atoms with van der Waals surface area (Å²) in [5.74, 6) is -0.490. The lowest BCUT2D eigenvalue weighted by atomic mass is 9.90. The molecule has 0 aliphatic heterocycles. The Kier molecular flexibility index (Phi) is 10.3. The normalized spacial score (nSPS) is 18.1. The van der Waals surface area contributed by atoms with Crippen LogP contribution in [0.25, 0.3) is 0 Å². The number of hydrogen-bond acceptors (Lipinski definition) is 10. The Hall–Kier alpha value is -3.01. The molecule has 0 unspecified atom stereocenters. The van der Waals surface area contributed by atoms with Gasteiger partial charge in [0.2, 0.25) is 16.0 Å². The summed E-state index contributed by atoms with van der Waals surface area (Å²) in [5.41, 5.74) is -0.431. The SMILES string of the molecule is COc1ccc(C(=O)CNCN(C)C)cc1Nc1ncc(C(F)(F)F)c(N[C@@H]2CCCC[C@H]2N(C)S(C)(=O)=O)n1. The van der Waals surface area contributed by atoms with Crippen LogP contribution in [0.2, 0.25) is 0 Å². The number of methoxy groups -OCH3 is 1. The number of nitrogens with zero attached hydrogens (tertiary/aromatic N) is 4. The Balaban J connectivity index is 1.92. The molecule has 1 fully saturated rings. The summed E-state index contributed by atoms with van der Waals surface area (Å²) in [7, 11) is 3.00. The summed E-state index contributed by atoms with van der Waals surface area (Å²) < 4.78 is 72.6. The first-order valence-corrected chi connectivity index (χ1v) is 14.5. The highest BCUT2D eigenvalue weighted by Crippen LogP contribution is 2.37. The van der Waals surface area contributed by atoms with Gasteiger partial charge in [-0.1, -0.05) is 12.8 Å². The molecular weight excluding hydrogens is 551 g/mol. The van der Waals surface area contributed by atoms with E-state index in [0.717, 1.165) is 19.1 Å². The van der Waals surface area contributed by atoms with Gasteiger partial charge in [0.25, 0.3) is 0 Å². The largest absolute Gasteiger partial charge is 0.495 e. The molecule has 222 valence electrons. The number of likely N-dealkylation sites (N-methyl/N-ethyl adjacent to an activating group) is 1. The van der Waals surface area contributed by atoms with Crippen molar-refractivity contribution in [2.45, 2.75) is 43.9 Å². The summed E-state index contributed by atoms with van der Waals surface area (Å²) in [5, 5.41) is 8.74. The van der Waals surface area contributed by atoms with Crippen LogP contribution in [-0.4, -0.2) is 93.2 Å². The first-order valence-electron chi connectivity index (χ1n) is 12.7. The van der Waals surface area contributed by atoms with Crippen LogP contribution < -0.4 is 20.7 Å². The van der Waals surface area contributed by atoms with Gasteiger partial charge in [-0.05, 0) is 45.1 Å². The van der Waals surface area contributed by atoms with E-state index in [2.05, 4.69) is 25.9 Å². The fourth-order valence-corrected chi connectivity index (χ4v) is 5.23. The van der Waals surface area contributed by atoms with Crippen LogP contribution in [0.5, 0.6) is 5.75 Å². The van der Waals surface area contributed by atoms with Gasteiger partial charge in [-0.25, -0.2) is 17.7 Å². The minimum absolute atomic E-state index is 0.0826. The van der Waals surface area contributed by atoms with Crippen molar-refractivity contribution < 1.29 is 31.1 Å². The molecule has 1 aliphatic rings. The van der Waals surface area contributed by atoms with Crippen LogP contribution in [0.3, 0.4) is 0 Å². The molecule has 3 rings (SSSR count). The van der Waals surface area contributed by atoms with Gasteiger partial charge in [-0.2, -0.15) is 18.2 Å². The average molecular weight is 588 g/mol. The number of hydrogen-bond donors (Lipinski definition) is 3. The lowest BCUT2D eigenvalue weighted by Crippen LogP contribution is -2.49. The van der Waals surface area contributed by atoms with Gasteiger partial charge in [0.15, 0.2) is 5.78 Å². The smallest absolute Gasteiger partial charge is 0.421 e. The number of carbonyl (C=O) groups excluding carboxylic acids is 1. The lowest BCUT2D eigenvalue weighted by Gasteiger charge is -2.37. The van der Waals surface area contributed by atoms with Gasteiger partial charge in [-0.3, -0.25) is 15.0 Å². The van der Waals surface area contributed by atoms with Crippen molar-refractivity contribution in [3.8, 4) is 5.75 Å². The van der Waals surface area contributed by atoms with Crippen LogP contribution in [0.15, 0.2) is 24.4 Å². The number of ether oxygens (including phenoxy) is 1. The number of aromatic nitrogens is 2. The zero-order chi connectivity index (χ0) is 29.7. The molecule has 2 atom stereocenters. The van der Waals surface area contributed by atoms with Gasteiger partial charge in [0.1, 0.15) is 17.1 Å². The van der Waals surface area contributed by atoms with E-state index in [9.17, 15) is 26.4 Å². The first kappa shape index (κ1) is 31.5. The third-order valence-corrected chi connectivity index (χ3v) is 7.93. The van der Waals surface area contributed by atoms with Crippen molar-refractivity contribution in [3.63, 3.8) is 0 Å². The Morgan fingerprint density at radius 3 is 2.50 bits per heavy atom. The highest BCUT2D eigenvalue weighted by molar-refractivity contribution is 7.88. The molecule has 1 saturated carbocycles. The summed E-state index contributed by atoms with van der Waals surface area (Å²) >= 11 is 0. The zero-order valence-corrected chi connectivity index (χ0v) is 24.0. The Bertz CT molecular complexity index is 1290. The zero-order valence-electron chi connectivity index (χ0n) is 23.2. The van der Waals surface area contributed by atoms with Gasteiger partial charge in [0, 0.05) is 37.6 Å². The second kappa shape index (κ2) is 13.1. The third-order valence-electron chi connectivity index (χ3n) is 6.62. The van der Waals surface area contributed by atoms with E-state index >= 15 is 0 Å². The maximum atomic E-state index is 13.9. The molecule has 3 N–H and O–H groups in total. The number of anilines is 3. The van der Waals surface area contributed by atoms with Gasteiger partial charge in [0.05, 0.1) is 25.6 Å². The summed E-state index contributed by atoms with van der Waals surface area (Å²) in [6.45, 7) is 0.587. The molecule has 2 aromatic rings. The molecular formula is C25H36F3N7O4S. The van der Waals surface area contributed by atoms with Crippen LogP contribution in [-0.2, 0) is 16.2 Å². The van der Waals surface area contributed by atoms with Crippen molar-refractivity contribution in [2.24, 2.45) is 0 Å². The summed E-state index contributed by atoms with van der Waals surface area (Å²) in [4.78, 5) is 22.5. The van der Waals surface area contributed by atoms with Crippen molar-refractivity contribution in [3.05, 3.63) is 35.5 Å². The number of rotatable bonds is 12. The monoisotopic (exact) mass is 587 g/mol. The molecule has 1 aromatic carbocycles. The standard InChI is InChI=1S/C25H36F3N7O4S/c1-34(2)15-29-14-21(36)16-10-11-22(39-4)19(12-16)32-24-30-13-17(25(26,27)28)23(33-24)31-18-8-6-7-9-20(18)35(3)40(5,37)38/h10-13,18,20,29H,6-9,14-15H2,1-5H3,(H2,30,31,32,33)/t18-,20-/m1/s1.